The Hall–Kier alpha value is -4.04. The summed E-state index contributed by atoms with van der Waals surface area (Å²) in [5.41, 5.74) is 8.50. The van der Waals surface area contributed by atoms with E-state index in [9.17, 15) is 0 Å². The van der Waals surface area contributed by atoms with E-state index in [1.54, 1.807) is 0 Å². The first-order valence-corrected chi connectivity index (χ1v) is 13.0. The Morgan fingerprint density at radius 3 is 2.31 bits per heavy atom. The number of para-hydroxylation sites is 2. The maximum Gasteiger partial charge on any atom is 0.124 e. The minimum Gasteiger partial charge on any atom is -0.493 e. The molecule has 8 rings (SSSR count). The lowest BCUT2D eigenvalue weighted by atomic mass is 9.69. The van der Waals surface area contributed by atoms with E-state index in [0.29, 0.717) is 12.0 Å². The maximum atomic E-state index is 6.50. The van der Waals surface area contributed by atoms with Crippen molar-refractivity contribution in [1.29, 1.82) is 0 Å². The van der Waals surface area contributed by atoms with Gasteiger partial charge in [-0.25, -0.2) is 0 Å². The summed E-state index contributed by atoms with van der Waals surface area (Å²) in [6, 6.07) is 43.0. The van der Waals surface area contributed by atoms with Crippen molar-refractivity contribution < 1.29 is 4.74 Å². The quantitative estimate of drug-likeness (QED) is 0.263. The molecule has 0 saturated heterocycles. The molecule has 3 unspecified atom stereocenters. The van der Waals surface area contributed by atoms with E-state index in [-0.39, 0.29) is 12.0 Å². The fraction of sp³-hybridized carbons (Fsp3) is 0.176. The van der Waals surface area contributed by atoms with Crippen LogP contribution in [0.3, 0.4) is 0 Å². The Morgan fingerprint density at radius 1 is 0.639 bits per heavy atom. The van der Waals surface area contributed by atoms with Gasteiger partial charge in [0.15, 0.2) is 0 Å². The molecule has 0 aliphatic carbocycles. The van der Waals surface area contributed by atoms with Gasteiger partial charge in [0.25, 0.3) is 0 Å². The van der Waals surface area contributed by atoms with E-state index in [1.807, 2.05) is 0 Å². The molecule has 0 amide bonds. The Balaban J connectivity index is 1.41. The predicted octanol–water partition coefficient (Wildman–Crippen LogP) is 7.84. The predicted molar refractivity (Wildman–Crippen MR) is 146 cm³/mol. The molecular formula is C34H27NO. The van der Waals surface area contributed by atoms with E-state index < -0.39 is 0 Å². The number of nitrogens with zero attached hydrogens (tertiary/aromatic N) is 1. The zero-order valence-electron chi connectivity index (χ0n) is 20.0. The SMILES string of the molecule is c1ccc([C@@H]2Cc3cccc4c3N2C2c3ccccc3OCC2C4c2cccc3ccccc23)cc1. The third kappa shape index (κ3) is 2.79. The summed E-state index contributed by atoms with van der Waals surface area (Å²) in [6.45, 7) is 0.719. The van der Waals surface area contributed by atoms with Gasteiger partial charge < -0.3 is 9.64 Å². The summed E-state index contributed by atoms with van der Waals surface area (Å²) >= 11 is 0. The highest BCUT2D eigenvalue weighted by molar-refractivity contribution is 5.87. The van der Waals surface area contributed by atoms with Crippen LogP contribution in [0.1, 0.15) is 45.8 Å². The summed E-state index contributed by atoms with van der Waals surface area (Å²) in [7, 11) is 0. The second-order valence-corrected chi connectivity index (χ2v) is 10.4. The molecule has 174 valence electrons. The van der Waals surface area contributed by atoms with Crippen molar-refractivity contribution in [3.63, 3.8) is 0 Å². The number of ether oxygens (including phenoxy) is 1. The molecule has 0 aromatic heterocycles. The lowest BCUT2D eigenvalue weighted by Gasteiger charge is -2.51. The van der Waals surface area contributed by atoms with E-state index in [2.05, 4.69) is 120 Å². The van der Waals surface area contributed by atoms with E-state index in [1.165, 1.54) is 44.3 Å². The molecule has 2 nitrogen and oxygen atoms in total. The molecule has 0 bridgehead atoms. The lowest BCUT2D eigenvalue weighted by Crippen LogP contribution is -2.45. The van der Waals surface area contributed by atoms with Crippen LogP contribution in [0.4, 0.5) is 5.69 Å². The first kappa shape index (κ1) is 20.2. The Labute approximate surface area is 211 Å². The van der Waals surface area contributed by atoms with Gasteiger partial charge in [-0.05, 0) is 45.5 Å². The van der Waals surface area contributed by atoms with Crippen molar-refractivity contribution in [3.8, 4) is 5.75 Å². The smallest absolute Gasteiger partial charge is 0.124 e. The average Bonchev–Trinajstić information content (AvgIpc) is 3.34. The molecule has 4 atom stereocenters. The van der Waals surface area contributed by atoms with Gasteiger partial charge in [0, 0.05) is 23.1 Å². The number of fused-ring (bicyclic) bond motifs is 5. The van der Waals surface area contributed by atoms with Crippen molar-refractivity contribution in [2.24, 2.45) is 5.92 Å². The van der Waals surface area contributed by atoms with Gasteiger partial charge >= 0.3 is 0 Å². The summed E-state index contributed by atoms with van der Waals surface area (Å²) in [5, 5.41) is 2.66. The summed E-state index contributed by atoms with van der Waals surface area (Å²) < 4.78 is 6.50. The Morgan fingerprint density at radius 2 is 1.36 bits per heavy atom. The molecule has 3 heterocycles. The molecule has 2 heteroatoms. The van der Waals surface area contributed by atoms with E-state index in [4.69, 9.17) is 4.74 Å². The van der Waals surface area contributed by atoms with Crippen LogP contribution in [0.2, 0.25) is 0 Å². The van der Waals surface area contributed by atoms with Crippen molar-refractivity contribution in [2.75, 3.05) is 11.5 Å². The number of benzene rings is 5. The highest BCUT2D eigenvalue weighted by atomic mass is 16.5. The summed E-state index contributed by atoms with van der Waals surface area (Å²) in [6.07, 6.45) is 1.04. The van der Waals surface area contributed by atoms with Crippen LogP contribution in [0.25, 0.3) is 10.8 Å². The molecular weight excluding hydrogens is 438 g/mol. The van der Waals surface area contributed by atoms with Gasteiger partial charge in [0.2, 0.25) is 0 Å². The molecule has 0 spiro atoms. The van der Waals surface area contributed by atoms with Gasteiger partial charge in [-0.3, -0.25) is 0 Å². The number of hydrogen-bond acceptors (Lipinski definition) is 2. The largest absolute Gasteiger partial charge is 0.493 e. The van der Waals surface area contributed by atoms with Gasteiger partial charge in [0.1, 0.15) is 5.75 Å². The van der Waals surface area contributed by atoms with Crippen molar-refractivity contribution in [1.82, 2.24) is 0 Å². The fourth-order valence-corrected chi connectivity index (χ4v) is 7.24. The molecule has 0 saturated carbocycles. The molecule has 0 N–H and O–H groups in total. The average molecular weight is 466 g/mol. The van der Waals surface area contributed by atoms with Gasteiger partial charge in [0.05, 0.1) is 18.7 Å². The third-order valence-electron chi connectivity index (χ3n) is 8.64. The van der Waals surface area contributed by atoms with Crippen LogP contribution in [0.15, 0.2) is 115 Å². The highest BCUT2D eigenvalue weighted by Gasteiger charge is 2.51. The summed E-state index contributed by atoms with van der Waals surface area (Å²) in [4.78, 5) is 2.76. The monoisotopic (exact) mass is 465 g/mol. The Kier molecular flexibility index (Phi) is 4.33. The molecule has 5 aromatic carbocycles. The normalized spacial score (nSPS) is 23.5. The minimum atomic E-state index is 0.264. The number of rotatable bonds is 2. The molecule has 36 heavy (non-hydrogen) atoms. The Bertz CT molecular complexity index is 1600. The van der Waals surface area contributed by atoms with Gasteiger partial charge in [-0.2, -0.15) is 0 Å². The molecule has 0 radical (unpaired) electrons. The standard InChI is InChI=1S/C34H27NO/c1-2-11-23(12-3-1)30-20-24-14-9-18-28-32(26-17-8-13-22-10-4-5-15-25(22)26)29-21-36-31-19-7-6-16-27(31)34(29)35(30)33(24)28/h1-19,29-30,32,34H,20-21H2/t29?,30-,32?,34?/m0/s1. The first-order valence-electron chi connectivity index (χ1n) is 13.0. The topological polar surface area (TPSA) is 12.5 Å². The second-order valence-electron chi connectivity index (χ2n) is 10.4. The van der Waals surface area contributed by atoms with Crippen molar-refractivity contribution in [3.05, 3.63) is 143 Å². The maximum absolute atomic E-state index is 6.50. The lowest BCUT2D eigenvalue weighted by molar-refractivity contribution is 0.166. The highest BCUT2D eigenvalue weighted by Crippen LogP contribution is 2.61. The molecule has 0 fully saturated rings. The van der Waals surface area contributed by atoms with Crippen LogP contribution < -0.4 is 9.64 Å². The third-order valence-corrected chi connectivity index (χ3v) is 8.64. The zero-order chi connectivity index (χ0) is 23.6. The fourth-order valence-electron chi connectivity index (χ4n) is 7.24. The summed E-state index contributed by atoms with van der Waals surface area (Å²) in [5.74, 6) is 1.63. The zero-order valence-corrected chi connectivity index (χ0v) is 20.0. The molecule has 5 aromatic rings. The van der Waals surface area contributed by atoms with Crippen LogP contribution in [0.5, 0.6) is 5.75 Å². The van der Waals surface area contributed by atoms with Crippen LogP contribution in [-0.4, -0.2) is 6.61 Å². The number of anilines is 1. The van der Waals surface area contributed by atoms with Gasteiger partial charge in [-0.1, -0.05) is 109 Å². The first-order chi connectivity index (χ1) is 17.9. The van der Waals surface area contributed by atoms with Crippen LogP contribution in [0, 0.1) is 5.92 Å². The van der Waals surface area contributed by atoms with E-state index >= 15 is 0 Å². The van der Waals surface area contributed by atoms with Gasteiger partial charge in [-0.15, -0.1) is 0 Å². The molecule has 3 aliphatic rings. The second kappa shape index (κ2) is 7.73. The molecule has 3 aliphatic heterocycles. The number of hydrogen-bond donors (Lipinski definition) is 0. The van der Waals surface area contributed by atoms with E-state index in [0.717, 1.165) is 18.8 Å². The van der Waals surface area contributed by atoms with Crippen LogP contribution in [-0.2, 0) is 6.42 Å². The van der Waals surface area contributed by atoms with Crippen LogP contribution >= 0.6 is 0 Å². The minimum absolute atomic E-state index is 0.264. The van der Waals surface area contributed by atoms with Crippen molar-refractivity contribution in [2.45, 2.75) is 24.4 Å². The van der Waals surface area contributed by atoms with Crippen molar-refractivity contribution >= 4 is 16.5 Å².